The number of methoxy groups -OCH3 is 1. The summed E-state index contributed by atoms with van der Waals surface area (Å²) in [4.78, 5) is 13.5. The Morgan fingerprint density at radius 1 is 1.52 bits per heavy atom. The summed E-state index contributed by atoms with van der Waals surface area (Å²) in [6.07, 6.45) is 0.424. The minimum Gasteiger partial charge on any atom is -0.394 e. The molecule has 2 N–H and O–H groups in total. The zero-order chi connectivity index (χ0) is 15.4. The van der Waals surface area contributed by atoms with Gasteiger partial charge in [-0.1, -0.05) is 12.1 Å². The Bertz CT molecular complexity index is 513. The minimum atomic E-state index is -0.965. The van der Waals surface area contributed by atoms with Crippen LogP contribution in [0, 0.1) is 11.6 Å². The fourth-order valence-corrected chi connectivity index (χ4v) is 2.42. The molecule has 2 amide bonds. The fourth-order valence-electron chi connectivity index (χ4n) is 2.42. The lowest BCUT2D eigenvalue weighted by atomic mass is 10.2. The quantitative estimate of drug-likeness (QED) is 0.880. The first-order chi connectivity index (χ1) is 10.1. The van der Waals surface area contributed by atoms with Gasteiger partial charge in [-0.3, -0.25) is 0 Å². The van der Waals surface area contributed by atoms with Crippen molar-refractivity contribution in [3.63, 3.8) is 0 Å². The van der Waals surface area contributed by atoms with E-state index in [0.717, 1.165) is 6.07 Å². The van der Waals surface area contributed by atoms with Gasteiger partial charge in [0.25, 0.3) is 0 Å². The van der Waals surface area contributed by atoms with Gasteiger partial charge in [-0.2, -0.15) is 0 Å². The summed E-state index contributed by atoms with van der Waals surface area (Å²) in [5, 5.41) is 11.8. The molecule has 1 aliphatic rings. The highest BCUT2D eigenvalue weighted by Gasteiger charge is 2.34. The van der Waals surface area contributed by atoms with Crippen molar-refractivity contribution in [1.29, 1.82) is 0 Å². The number of rotatable bonds is 4. The van der Waals surface area contributed by atoms with Gasteiger partial charge in [-0.15, -0.1) is 0 Å². The standard InChI is InChI=1S/C14H18F2N2O3/c1-21-11-5-10(8-19)18(7-11)14(20)17-6-9-3-2-4-12(15)13(9)16/h2-4,10-11,19H,5-8H2,1H3,(H,17,20)/t10-,11+/m0/s1. The molecule has 0 unspecified atom stereocenters. The Hall–Kier alpha value is -1.73. The number of benzene rings is 1. The number of aliphatic hydroxyl groups excluding tert-OH is 1. The summed E-state index contributed by atoms with van der Waals surface area (Å²) in [6.45, 7) is 0.0789. The van der Waals surface area contributed by atoms with Crippen molar-refractivity contribution in [2.75, 3.05) is 20.3 Å². The molecule has 21 heavy (non-hydrogen) atoms. The summed E-state index contributed by atoms with van der Waals surface area (Å²) in [6, 6.07) is 3.05. The van der Waals surface area contributed by atoms with Crippen molar-refractivity contribution >= 4 is 6.03 Å². The van der Waals surface area contributed by atoms with E-state index in [9.17, 15) is 18.7 Å². The van der Waals surface area contributed by atoms with E-state index in [1.807, 2.05) is 0 Å². The maximum Gasteiger partial charge on any atom is 0.318 e. The molecule has 5 nitrogen and oxygen atoms in total. The van der Waals surface area contributed by atoms with Crippen molar-refractivity contribution < 1.29 is 23.4 Å². The zero-order valence-electron chi connectivity index (χ0n) is 11.7. The number of carbonyl (C=O) groups excluding carboxylic acids is 1. The van der Waals surface area contributed by atoms with Crippen molar-refractivity contribution in [1.82, 2.24) is 10.2 Å². The second-order valence-corrected chi connectivity index (χ2v) is 4.95. The number of carbonyl (C=O) groups is 1. The number of hydrogen-bond donors (Lipinski definition) is 2. The van der Waals surface area contributed by atoms with Crippen molar-refractivity contribution in [2.24, 2.45) is 0 Å². The Morgan fingerprint density at radius 2 is 2.29 bits per heavy atom. The van der Waals surface area contributed by atoms with E-state index in [1.54, 1.807) is 7.11 Å². The van der Waals surface area contributed by atoms with Crippen LogP contribution in [0.4, 0.5) is 13.6 Å². The molecule has 1 aromatic rings. The van der Waals surface area contributed by atoms with Crippen LogP contribution >= 0.6 is 0 Å². The van der Waals surface area contributed by atoms with Crippen LogP contribution < -0.4 is 5.32 Å². The minimum absolute atomic E-state index is 0.0754. The van der Waals surface area contributed by atoms with Crippen molar-refractivity contribution in [2.45, 2.75) is 25.1 Å². The molecular weight excluding hydrogens is 282 g/mol. The molecule has 0 radical (unpaired) electrons. The molecule has 1 saturated heterocycles. The summed E-state index contributed by atoms with van der Waals surface area (Å²) < 4.78 is 31.7. The molecule has 1 heterocycles. The smallest absolute Gasteiger partial charge is 0.318 e. The van der Waals surface area contributed by atoms with Crippen LogP contribution in [0.5, 0.6) is 0 Å². The second-order valence-electron chi connectivity index (χ2n) is 4.95. The predicted molar refractivity (Wildman–Crippen MR) is 71.6 cm³/mol. The van der Waals surface area contributed by atoms with Gasteiger partial charge >= 0.3 is 6.03 Å². The molecule has 0 aromatic heterocycles. The van der Waals surface area contributed by atoms with Gasteiger partial charge in [0.2, 0.25) is 0 Å². The highest BCUT2D eigenvalue weighted by Crippen LogP contribution is 2.20. The molecule has 0 bridgehead atoms. The van der Waals surface area contributed by atoms with E-state index in [-0.39, 0.29) is 30.9 Å². The van der Waals surface area contributed by atoms with Crippen LogP contribution in [0.25, 0.3) is 0 Å². The summed E-state index contributed by atoms with van der Waals surface area (Å²) >= 11 is 0. The number of amides is 2. The van der Waals surface area contributed by atoms with E-state index in [4.69, 9.17) is 4.74 Å². The Balaban J connectivity index is 1.97. The first-order valence-electron chi connectivity index (χ1n) is 6.67. The highest BCUT2D eigenvalue weighted by atomic mass is 19.2. The molecule has 1 aromatic carbocycles. The maximum absolute atomic E-state index is 13.5. The summed E-state index contributed by atoms with van der Waals surface area (Å²) in [7, 11) is 1.54. The third-order valence-corrected chi connectivity index (χ3v) is 3.64. The largest absolute Gasteiger partial charge is 0.394 e. The monoisotopic (exact) mass is 300 g/mol. The van der Waals surface area contributed by atoms with Crippen LogP contribution in [0.1, 0.15) is 12.0 Å². The molecule has 0 aliphatic carbocycles. The lowest BCUT2D eigenvalue weighted by Gasteiger charge is -2.23. The third-order valence-electron chi connectivity index (χ3n) is 3.64. The van der Waals surface area contributed by atoms with Crippen LogP contribution in [-0.4, -0.2) is 48.4 Å². The second kappa shape index (κ2) is 6.82. The third kappa shape index (κ3) is 3.48. The van der Waals surface area contributed by atoms with E-state index in [0.29, 0.717) is 13.0 Å². The summed E-state index contributed by atoms with van der Waals surface area (Å²) in [5.41, 5.74) is 0.0754. The van der Waals surface area contributed by atoms with Gasteiger partial charge in [0.05, 0.1) is 18.8 Å². The zero-order valence-corrected chi connectivity index (χ0v) is 11.7. The number of hydrogen-bond acceptors (Lipinski definition) is 3. The molecule has 2 rings (SSSR count). The first kappa shape index (κ1) is 15.7. The van der Waals surface area contributed by atoms with Gasteiger partial charge < -0.3 is 20.1 Å². The number of urea groups is 1. The fraction of sp³-hybridized carbons (Fsp3) is 0.500. The van der Waals surface area contributed by atoms with E-state index < -0.39 is 17.7 Å². The molecule has 0 spiro atoms. The number of halogens is 2. The number of nitrogens with one attached hydrogen (secondary N) is 1. The van der Waals surface area contributed by atoms with Crippen molar-refractivity contribution in [3.8, 4) is 0 Å². The normalized spacial score (nSPS) is 21.6. The number of aliphatic hydroxyl groups is 1. The van der Waals surface area contributed by atoms with Gasteiger partial charge in [0.15, 0.2) is 11.6 Å². The van der Waals surface area contributed by atoms with Crippen LogP contribution in [0.2, 0.25) is 0 Å². The maximum atomic E-state index is 13.5. The van der Waals surface area contributed by atoms with E-state index in [2.05, 4.69) is 5.32 Å². The molecule has 0 saturated carbocycles. The van der Waals surface area contributed by atoms with Gasteiger partial charge in [0.1, 0.15) is 0 Å². The predicted octanol–water partition coefficient (Wildman–Crippen LogP) is 1.26. The van der Waals surface area contributed by atoms with Crippen LogP contribution in [0.3, 0.4) is 0 Å². The van der Waals surface area contributed by atoms with Gasteiger partial charge in [-0.25, -0.2) is 13.6 Å². The molecule has 1 fully saturated rings. The van der Waals surface area contributed by atoms with Gasteiger partial charge in [0, 0.05) is 25.8 Å². The molecule has 116 valence electrons. The SMILES string of the molecule is CO[C@@H]1C[C@@H](CO)N(C(=O)NCc2cccc(F)c2F)C1. The highest BCUT2D eigenvalue weighted by molar-refractivity contribution is 5.75. The van der Waals surface area contributed by atoms with Gasteiger partial charge in [-0.05, 0) is 12.5 Å². The molecule has 1 aliphatic heterocycles. The Morgan fingerprint density at radius 3 is 2.95 bits per heavy atom. The number of ether oxygens (including phenoxy) is 1. The lowest BCUT2D eigenvalue weighted by molar-refractivity contribution is 0.110. The number of nitrogens with zero attached hydrogens (tertiary/aromatic N) is 1. The van der Waals surface area contributed by atoms with Crippen LogP contribution in [-0.2, 0) is 11.3 Å². The first-order valence-corrected chi connectivity index (χ1v) is 6.67. The van der Waals surface area contributed by atoms with Crippen LogP contribution in [0.15, 0.2) is 18.2 Å². The Labute approximate surface area is 121 Å². The Kier molecular flexibility index (Phi) is 5.08. The van der Waals surface area contributed by atoms with E-state index >= 15 is 0 Å². The molecule has 2 atom stereocenters. The topological polar surface area (TPSA) is 61.8 Å². The average Bonchev–Trinajstić information content (AvgIpc) is 2.92. The average molecular weight is 300 g/mol. The van der Waals surface area contributed by atoms with Crippen molar-refractivity contribution in [3.05, 3.63) is 35.4 Å². The summed E-state index contributed by atoms with van der Waals surface area (Å²) in [5.74, 6) is -1.91. The number of likely N-dealkylation sites (tertiary alicyclic amines) is 1. The molecular formula is C14H18F2N2O3. The van der Waals surface area contributed by atoms with E-state index in [1.165, 1.54) is 17.0 Å². The lowest BCUT2D eigenvalue weighted by Crippen LogP contribution is -2.44. The molecule has 7 heteroatoms.